The Morgan fingerprint density at radius 1 is 0.444 bits per heavy atom. The zero-order valence-electron chi connectivity index (χ0n) is 10.4. The Labute approximate surface area is 128 Å². The molecule has 0 aliphatic carbocycles. The molecule has 55 valence electrons. The molecular formula is B18-. The average Bonchev–Trinajstić information content (AvgIpc) is 2.13. The van der Waals surface area contributed by atoms with Crippen LogP contribution < -0.4 is 0 Å². The first kappa shape index (κ1) is 19.2. The van der Waals surface area contributed by atoms with Gasteiger partial charge in [-0.3, -0.25) is 0 Å². The maximum absolute atomic E-state index is 5.72. The first-order chi connectivity index (χ1) is 8.11. The zero-order chi connectivity index (χ0) is 14.6. The zero-order valence-corrected chi connectivity index (χ0v) is 10.4. The van der Waals surface area contributed by atoms with Gasteiger partial charge in [-0.05, 0) is 114 Å². The molecule has 0 fully saturated rings. The van der Waals surface area contributed by atoms with Gasteiger partial charge >= 0.3 is 0 Å². The fourth-order valence-electron chi connectivity index (χ4n) is 2.31. The van der Waals surface area contributed by atoms with Crippen molar-refractivity contribution in [2.75, 3.05) is 0 Å². The molecule has 0 aromatic carbocycles. The van der Waals surface area contributed by atoms with Crippen LogP contribution in [0.4, 0.5) is 0 Å². The molecule has 0 aromatic rings. The number of hydrogen-bond acceptors (Lipinski definition) is 0. The van der Waals surface area contributed by atoms with Crippen LogP contribution in [0, 0.1) is 0 Å². The van der Waals surface area contributed by atoms with Gasteiger partial charge in [0.15, 0.2) is 0 Å². The van der Waals surface area contributed by atoms with Crippen molar-refractivity contribution in [3.63, 3.8) is 0 Å². The van der Waals surface area contributed by atoms with Crippen LogP contribution in [0.15, 0.2) is 0 Å². The molecule has 21 radical (unpaired) electrons. The Morgan fingerprint density at radius 2 is 0.722 bits per heavy atom. The fraction of sp³-hybridized carbons (Fsp3) is 0. The van der Waals surface area contributed by atoms with Crippen LogP contribution in [0.3, 0.4) is 0 Å². The second-order valence-electron chi connectivity index (χ2n) is 4.62. The highest BCUT2D eigenvalue weighted by Gasteiger charge is 2.39. The second-order valence-corrected chi connectivity index (χ2v) is 4.62. The molecular weight excluding hydrogens is 195 g/mol. The smallest absolute Gasteiger partial charge is 0.0000000127 e. The third kappa shape index (κ3) is 5.28. The van der Waals surface area contributed by atoms with Gasteiger partial charge in [0, 0.05) is 0 Å². The van der Waals surface area contributed by atoms with Gasteiger partial charge in [-0.2, -0.15) is 0 Å². The second kappa shape index (κ2) is 8.45. The van der Waals surface area contributed by atoms with Crippen molar-refractivity contribution in [3.8, 4) is 0 Å². The minimum atomic E-state index is -0.853. The van der Waals surface area contributed by atoms with Crippen molar-refractivity contribution in [2.24, 2.45) is 0 Å². The summed E-state index contributed by atoms with van der Waals surface area (Å²) in [5.74, 6) is 0. The molecule has 0 atom stereocenters. The van der Waals surface area contributed by atoms with Crippen LogP contribution in [-0.2, 0) is 0 Å². The minimum absolute atomic E-state index is 0.593. The predicted octanol–water partition coefficient (Wildman–Crippen LogP) is -6.85. The van der Waals surface area contributed by atoms with Gasteiger partial charge in [0.25, 0.3) is 0 Å². The van der Waals surface area contributed by atoms with Gasteiger partial charge in [0.2, 0.25) is 0 Å². The van der Waals surface area contributed by atoms with Gasteiger partial charge < -0.3 is 7.74 Å². The van der Waals surface area contributed by atoms with Crippen molar-refractivity contribution >= 4 is 128 Å². The molecule has 0 unspecified atom stereocenters. The SMILES string of the molecule is [B]B([B])B(B([B])[B])B(B([B])[B])B(B([B])[B])B([B])[B-]. The van der Waals surface area contributed by atoms with Crippen molar-refractivity contribution in [1.82, 2.24) is 0 Å². The molecule has 0 saturated heterocycles. The summed E-state index contributed by atoms with van der Waals surface area (Å²) < 4.78 is 0. The molecule has 0 aliphatic rings. The molecule has 0 aromatic heterocycles. The summed E-state index contributed by atoms with van der Waals surface area (Å²) in [5.41, 5.74) is 0. The van der Waals surface area contributed by atoms with E-state index in [1.165, 1.54) is 0 Å². The maximum Gasteiger partial charge on any atom is -0.0000000127 e. The summed E-state index contributed by atoms with van der Waals surface area (Å²) in [6.07, 6.45) is -6.04. The lowest BCUT2D eigenvalue weighted by Gasteiger charge is -2.45. The Morgan fingerprint density at radius 3 is 0.889 bits per heavy atom. The first-order valence-electron chi connectivity index (χ1n) is 5.67. The number of hydrogen-bond donors (Lipinski definition) is 0. The predicted molar refractivity (Wildman–Crippen MR) is 104 cm³/mol. The van der Waals surface area contributed by atoms with Gasteiger partial charge in [-0.1, -0.05) is 0 Å². The molecule has 18 heteroatoms. The summed E-state index contributed by atoms with van der Waals surface area (Å²) in [5, 5.41) is 0. The van der Waals surface area contributed by atoms with E-state index in [0.29, 0.717) is 0 Å². The van der Waals surface area contributed by atoms with E-state index in [2.05, 4.69) is 0 Å². The highest BCUT2D eigenvalue weighted by Crippen LogP contribution is 2.03. The lowest BCUT2D eigenvalue weighted by molar-refractivity contribution is 3.35. The third-order valence-corrected chi connectivity index (χ3v) is 3.11. The van der Waals surface area contributed by atoms with E-state index in [1.807, 2.05) is 0 Å². The van der Waals surface area contributed by atoms with Crippen molar-refractivity contribution in [3.05, 3.63) is 0 Å². The average molecular weight is 195 g/mol. The standard InChI is InChI=1S/B18/c1-11(2)16(12(3)4)18(15(9)10)17(13(5)6)14(7)8/q-1. The molecule has 0 bridgehead atoms. The molecule has 0 amide bonds. The van der Waals surface area contributed by atoms with E-state index in [1.54, 1.807) is 0 Å². The van der Waals surface area contributed by atoms with Gasteiger partial charge in [0.1, 0.15) is 0 Å². The maximum atomic E-state index is 5.72. The summed E-state index contributed by atoms with van der Waals surface area (Å²) in [6, 6.07) is 0. The van der Waals surface area contributed by atoms with Gasteiger partial charge in [-0.15, -0.1) is 0 Å². The quantitative estimate of drug-likeness (QED) is 0.354. The normalized spacial score (nSPS) is 9.17. The lowest BCUT2D eigenvalue weighted by atomic mass is 8.41. The molecule has 0 heterocycles. The molecule has 0 spiro atoms. The Balaban J connectivity index is 5.37. The lowest BCUT2D eigenvalue weighted by Crippen LogP contribution is -2.78. The van der Waals surface area contributed by atoms with E-state index in [0.717, 1.165) is 0 Å². The van der Waals surface area contributed by atoms with Gasteiger partial charge in [-0.25, -0.2) is 6.39 Å². The Hall–Kier alpha value is 1.17. The Bertz CT molecular complexity index is 174. The van der Waals surface area contributed by atoms with Crippen LogP contribution in [0.5, 0.6) is 0 Å². The van der Waals surface area contributed by atoms with E-state index in [9.17, 15) is 0 Å². The minimum Gasteiger partial charge on any atom is -0.687 e. The summed E-state index contributed by atoms with van der Waals surface area (Å²) in [4.78, 5) is 0. The van der Waals surface area contributed by atoms with Crippen LogP contribution in [0.1, 0.15) is 0 Å². The van der Waals surface area contributed by atoms with Gasteiger partial charge in [0.05, 0.1) is 0 Å². The van der Waals surface area contributed by atoms with Crippen LogP contribution >= 0.6 is 0 Å². The van der Waals surface area contributed by atoms with E-state index in [-0.39, 0.29) is 0 Å². The monoisotopic (exact) mass is 198 g/mol. The summed E-state index contributed by atoms with van der Waals surface area (Å²) in [6.45, 7) is 0. The molecule has 18 heavy (non-hydrogen) atoms. The van der Waals surface area contributed by atoms with Crippen LogP contribution in [0.2, 0.25) is 0 Å². The Kier molecular flexibility index (Phi) is 9.00. The molecule has 0 rings (SSSR count). The van der Waals surface area contributed by atoms with Crippen molar-refractivity contribution in [2.45, 2.75) is 0 Å². The summed E-state index contributed by atoms with van der Waals surface area (Å²) >= 11 is 0. The topological polar surface area (TPSA) is 0 Å². The van der Waals surface area contributed by atoms with Crippen molar-refractivity contribution < 1.29 is 0 Å². The molecule has 0 N–H and O–H groups in total. The largest absolute Gasteiger partial charge is 0.687 e. The fourth-order valence-corrected chi connectivity index (χ4v) is 2.31. The first-order valence-corrected chi connectivity index (χ1v) is 5.67. The molecule has 0 saturated carbocycles. The van der Waals surface area contributed by atoms with Crippen LogP contribution in [0.25, 0.3) is 0 Å². The molecule has 0 nitrogen and oxygen atoms in total. The van der Waals surface area contributed by atoms with E-state index in [4.69, 9.17) is 77.4 Å². The van der Waals surface area contributed by atoms with Crippen molar-refractivity contribution in [1.29, 1.82) is 0 Å². The van der Waals surface area contributed by atoms with Crippen LogP contribution in [-0.4, -0.2) is 128 Å². The highest BCUT2D eigenvalue weighted by molar-refractivity contribution is 8.17. The highest BCUT2D eigenvalue weighted by atomic mass is 13.2. The van der Waals surface area contributed by atoms with E-state index < -0.39 is 51.1 Å². The third-order valence-electron chi connectivity index (χ3n) is 3.11. The van der Waals surface area contributed by atoms with E-state index >= 15 is 0 Å². The molecule has 0 aliphatic heterocycles. The summed E-state index contributed by atoms with van der Waals surface area (Å²) in [7, 11) is 56.7. The number of rotatable bonds is 7.